The smallest absolute Gasteiger partial charge is 0.166 e. The highest BCUT2D eigenvalue weighted by Crippen LogP contribution is 2.29. The zero-order valence-electron chi connectivity index (χ0n) is 48.5. The molecular formula is C76H79F3. The number of rotatable bonds is 4. The Morgan fingerprint density at radius 2 is 0.646 bits per heavy atom. The van der Waals surface area contributed by atoms with Crippen LogP contribution in [0, 0.1) is 81.6 Å². The molecule has 10 aromatic carbocycles. The van der Waals surface area contributed by atoms with Gasteiger partial charge >= 0.3 is 6.18 Å². The Morgan fingerprint density at radius 1 is 0.278 bits per heavy atom. The molecule has 0 spiro atoms. The average Bonchev–Trinajstić information content (AvgIpc) is 3.45. The summed E-state index contributed by atoms with van der Waals surface area (Å²) < 4.78 is 35.9. The van der Waals surface area contributed by atoms with Gasteiger partial charge in [-0.1, -0.05) is 294 Å². The summed E-state index contributed by atoms with van der Waals surface area (Å²) in [6.07, 6.45) is 1.21. The fourth-order valence-electron chi connectivity index (χ4n) is 7.75. The minimum atomic E-state index is -4.22. The third-order valence-corrected chi connectivity index (χ3v) is 12.9. The molecule has 0 bridgehead atoms. The van der Waals surface area contributed by atoms with Crippen LogP contribution >= 0.6 is 0 Å². The van der Waals surface area contributed by atoms with Crippen LogP contribution in [0.25, 0.3) is 33.4 Å². The number of benzene rings is 10. The van der Waals surface area contributed by atoms with Crippen molar-refractivity contribution in [3.63, 3.8) is 0 Å². The first-order valence-corrected chi connectivity index (χ1v) is 26.8. The first-order valence-electron chi connectivity index (χ1n) is 26.8. The van der Waals surface area contributed by atoms with Gasteiger partial charge in [0.1, 0.15) is 0 Å². The van der Waals surface area contributed by atoms with Crippen LogP contribution in [0.4, 0.5) is 13.2 Å². The highest BCUT2D eigenvalue weighted by molar-refractivity contribution is 5.67. The van der Waals surface area contributed by atoms with Gasteiger partial charge in [-0.25, -0.2) is 0 Å². The van der Waals surface area contributed by atoms with Gasteiger partial charge in [0.2, 0.25) is 0 Å². The third kappa shape index (κ3) is 23.4. The van der Waals surface area contributed by atoms with Gasteiger partial charge < -0.3 is 0 Å². The molecule has 0 atom stereocenters. The van der Waals surface area contributed by atoms with Gasteiger partial charge in [-0.3, -0.25) is 0 Å². The van der Waals surface area contributed by atoms with Crippen molar-refractivity contribution in [2.45, 2.75) is 94.7 Å². The summed E-state index contributed by atoms with van der Waals surface area (Å²) in [5, 5.41) is 0. The van der Waals surface area contributed by atoms with Gasteiger partial charge in [0.25, 0.3) is 0 Å². The van der Waals surface area contributed by atoms with E-state index in [1.807, 2.05) is 18.2 Å². The van der Waals surface area contributed by atoms with Crippen molar-refractivity contribution in [1.29, 1.82) is 0 Å². The minimum Gasteiger partial charge on any atom is -0.166 e. The molecule has 0 aliphatic heterocycles. The van der Waals surface area contributed by atoms with E-state index < -0.39 is 11.7 Å². The van der Waals surface area contributed by atoms with E-state index in [2.05, 4.69) is 294 Å². The predicted octanol–water partition coefficient (Wildman–Crippen LogP) is 21.8. The zero-order chi connectivity index (χ0) is 57.8. The average molecular weight is 1050 g/mol. The second-order valence-corrected chi connectivity index (χ2v) is 20.4. The van der Waals surface area contributed by atoms with E-state index in [-0.39, 0.29) is 5.41 Å². The van der Waals surface area contributed by atoms with E-state index in [0.29, 0.717) is 5.56 Å². The van der Waals surface area contributed by atoms with E-state index in [1.165, 1.54) is 95.1 Å². The van der Waals surface area contributed by atoms with Crippen molar-refractivity contribution in [2.75, 3.05) is 0 Å². The molecule has 0 N–H and O–H groups in total. The van der Waals surface area contributed by atoms with Crippen LogP contribution in [0.15, 0.2) is 255 Å². The van der Waals surface area contributed by atoms with Crippen LogP contribution in [0.1, 0.15) is 80.6 Å². The maximum Gasteiger partial charge on any atom is 0.416 e. The summed E-state index contributed by atoms with van der Waals surface area (Å²) in [5.41, 5.74) is 20.8. The molecule has 0 fully saturated rings. The summed E-state index contributed by atoms with van der Waals surface area (Å²) in [4.78, 5) is 0. The van der Waals surface area contributed by atoms with E-state index in [4.69, 9.17) is 6.42 Å². The van der Waals surface area contributed by atoms with Gasteiger partial charge in [-0.2, -0.15) is 13.2 Å². The molecule has 0 heterocycles. The second kappa shape index (κ2) is 32.3. The maximum atomic E-state index is 12.0. The van der Waals surface area contributed by atoms with Crippen molar-refractivity contribution >= 4 is 0 Å². The highest BCUT2D eigenvalue weighted by atomic mass is 19.4. The van der Waals surface area contributed by atoms with Crippen LogP contribution in [-0.4, -0.2) is 0 Å². The Balaban J connectivity index is 0.000000200. The SMILES string of the molecule is C#CC(C)(C)c1ccc(C)cc1.Cc1ccc(-c2ccccc2)cc1.Cc1ccc(C)c(C)c1.Cc1ccc(C)cc1.Cc1cccc(-c2ccccc2)c1.Cc1cccc(C(F)(F)F)c1.Cc1ccccc1-c1ccccc1. The van der Waals surface area contributed by atoms with Crippen molar-refractivity contribution < 1.29 is 13.2 Å². The fraction of sp³-hybridized carbons (Fsp3) is 0.184. The monoisotopic (exact) mass is 1050 g/mol. The van der Waals surface area contributed by atoms with Crippen LogP contribution in [0.3, 0.4) is 0 Å². The number of hydrogen-bond acceptors (Lipinski definition) is 0. The molecule has 10 rings (SSSR count). The number of terminal acetylenes is 1. The summed E-state index contributed by atoms with van der Waals surface area (Å²) >= 11 is 0. The summed E-state index contributed by atoms with van der Waals surface area (Å²) in [5.74, 6) is 2.78. The lowest BCUT2D eigenvalue weighted by Crippen LogP contribution is -2.13. The van der Waals surface area contributed by atoms with E-state index in [0.717, 1.165) is 12.1 Å². The lowest BCUT2D eigenvalue weighted by molar-refractivity contribution is -0.137. The molecule has 10 aromatic rings. The molecule has 0 amide bonds. The second-order valence-electron chi connectivity index (χ2n) is 20.4. The molecule has 3 heteroatoms. The molecule has 0 unspecified atom stereocenters. The molecule has 0 aromatic heterocycles. The number of alkyl halides is 3. The highest BCUT2D eigenvalue weighted by Gasteiger charge is 2.30. The standard InChI is InChI=1S/3C13H12.C12H14.C9H12.C8H7F3.C8H10/c1-11-7-5-6-10-13(11)12-8-3-2-4-9-12;1-11-6-5-9-13(10-11)12-7-3-2-4-8-12;1-11-7-9-13(10-8-11)12-5-3-2-4-6-12;1-5-12(3,4)11-8-6-10(2)7-9-11;1-7-4-5-8(2)9(3)6-7;1-6-3-2-4-7(5-6)8(9,10)11;1-7-3-5-8(2)6-4-7/h3*2-10H,1H3;1,6-9H,2-4H3;4-6H,1-3H3;2-5H,1H3;3-6H,1-2H3. The molecule has 0 saturated carbocycles. The quantitative estimate of drug-likeness (QED) is 0.154. The largest absolute Gasteiger partial charge is 0.416 e. The molecule has 0 aliphatic carbocycles. The minimum absolute atomic E-state index is 0.145. The van der Waals surface area contributed by atoms with Gasteiger partial charge in [-0.05, 0) is 145 Å². The normalized spacial score (nSPS) is 10.2. The van der Waals surface area contributed by atoms with Crippen LogP contribution in [0.2, 0.25) is 0 Å². The summed E-state index contributed by atoms with van der Waals surface area (Å²) in [6, 6.07) is 85.5. The zero-order valence-corrected chi connectivity index (χ0v) is 48.5. The van der Waals surface area contributed by atoms with E-state index in [9.17, 15) is 13.2 Å². The van der Waals surface area contributed by atoms with Crippen LogP contribution in [-0.2, 0) is 11.6 Å². The fourth-order valence-corrected chi connectivity index (χ4v) is 7.75. The van der Waals surface area contributed by atoms with Gasteiger partial charge in [0.05, 0.1) is 11.0 Å². The first-order chi connectivity index (χ1) is 37.6. The topological polar surface area (TPSA) is 0 Å². The van der Waals surface area contributed by atoms with Gasteiger partial charge in [0, 0.05) is 0 Å². The van der Waals surface area contributed by atoms with E-state index >= 15 is 0 Å². The van der Waals surface area contributed by atoms with Crippen molar-refractivity contribution in [2.24, 2.45) is 0 Å². The summed E-state index contributed by atoms with van der Waals surface area (Å²) in [6.45, 7) is 24.8. The molecule has 404 valence electrons. The lowest BCUT2D eigenvalue weighted by atomic mass is 9.85. The molecule has 0 radical (unpaired) electrons. The lowest BCUT2D eigenvalue weighted by Gasteiger charge is -2.17. The number of aryl methyl sites for hydroxylation is 10. The Bertz CT molecular complexity index is 3320. The van der Waals surface area contributed by atoms with Crippen molar-refractivity contribution in [3.05, 3.63) is 322 Å². The van der Waals surface area contributed by atoms with Crippen LogP contribution < -0.4 is 0 Å². The predicted molar refractivity (Wildman–Crippen MR) is 336 cm³/mol. The van der Waals surface area contributed by atoms with Gasteiger partial charge in [-0.15, -0.1) is 6.42 Å². The van der Waals surface area contributed by atoms with Crippen molar-refractivity contribution in [3.8, 4) is 45.7 Å². The van der Waals surface area contributed by atoms with E-state index in [1.54, 1.807) is 13.0 Å². The molecule has 0 aliphatic rings. The molecule has 79 heavy (non-hydrogen) atoms. The number of halogens is 3. The number of hydrogen-bond donors (Lipinski definition) is 0. The van der Waals surface area contributed by atoms with Crippen LogP contribution in [0.5, 0.6) is 0 Å². The molecular weight excluding hydrogens is 970 g/mol. The Morgan fingerprint density at radius 3 is 1.06 bits per heavy atom. The Kier molecular flexibility index (Phi) is 25.8. The Hall–Kier alpha value is -8.45. The molecule has 0 nitrogen and oxygen atoms in total. The third-order valence-electron chi connectivity index (χ3n) is 12.9. The maximum absolute atomic E-state index is 12.0. The van der Waals surface area contributed by atoms with Crippen molar-refractivity contribution in [1.82, 2.24) is 0 Å². The summed E-state index contributed by atoms with van der Waals surface area (Å²) in [7, 11) is 0. The first kappa shape index (κ1) is 63.1. The Labute approximate surface area is 472 Å². The van der Waals surface area contributed by atoms with Gasteiger partial charge in [0.15, 0.2) is 0 Å². The molecule has 0 saturated heterocycles.